The Balaban J connectivity index is 2.06. The molecule has 1 saturated heterocycles. The molecule has 1 aliphatic rings. The van der Waals surface area contributed by atoms with Gasteiger partial charge in [0.05, 0.1) is 0 Å². The van der Waals surface area contributed by atoms with Crippen molar-refractivity contribution in [2.24, 2.45) is 0 Å². The molecular formula is C14H21N3O2. The molecule has 104 valence electrons. The second-order valence-corrected chi connectivity index (χ2v) is 4.90. The highest BCUT2D eigenvalue weighted by Crippen LogP contribution is 2.10. The number of hydrogen-bond acceptors (Lipinski definition) is 3. The number of amides is 1. The van der Waals surface area contributed by atoms with Gasteiger partial charge in [0.2, 0.25) is 0 Å². The first-order valence-corrected chi connectivity index (χ1v) is 6.92. The van der Waals surface area contributed by atoms with E-state index in [0.29, 0.717) is 19.1 Å². The normalized spacial score (nSPS) is 19.1. The minimum Gasteiger partial charge on any atom is -0.337 e. The van der Waals surface area contributed by atoms with Crippen molar-refractivity contribution in [3.05, 3.63) is 34.2 Å². The minimum absolute atomic E-state index is 0.184. The maximum Gasteiger partial charge on any atom is 0.260 e. The summed E-state index contributed by atoms with van der Waals surface area (Å²) in [7, 11) is 0. The van der Waals surface area contributed by atoms with E-state index in [0.717, 1.165) is 13.0 Å². The smallest absolute Gasteiger partial charge is 0.260 e. The Morgan fingerprint density at radius 3 is 2.95 bits per heavy atom. The van der Waals surface area contributed by atoms with Crippen LogP contribution in [0.5, 0.6) is 0 Å². The first-order chi connectivity index (χ1) is 9.22. The van der Waals surface area contributed by atoms with Crippen LogP contribution in [0.4, 0.5) is 0 Å². The summed E-state index contributed by atoms with van der Waals surface area (Å²) in [6.45, 7) is 4.25. The summed E-state index contributed by atoms with van der Waals surface area (Å²) in [4.78, 5) is 28.3. The van der Waals surface area contributed by atoms with E-state index in [4.69, 9.17) is 0 Å². The van der Waals surface area contributed by atoms with Crippen molar-refractivity contribution in [2.45, 2.75) is 32.2 Å². The molecule has 1 amide bonds. The number of carbonyl (C=O) groups excluding carboxylic acids is 1. The van der Waals surface area contributed by atoms with Gasteiger partial charge in [0.15, 0.2) is 0 Å². The monoisotopic (exact) mass is 263 g/mol. The van der Waals surface area contributed by atoms with Crippen LogP contribution in [0.25, 0.3) is 0 Å². The minimum atomic E-state index is -0.317. The summed E-state index contributed by atoms with van der Waals surface area (Å²) in [6.07, 6.45) is 5.04. The maximum absolute atomic E-state index is 12.3. The topological polar surface area (TPSA) is 65.2 Å². The fourth-order valence-corrected chi connectivity index (χ4v) is 2.46. The lowest BCUT2D eigenvalue weighted by atomic mass is 10.0. The molecular weight excluding hydrogens is 242 g/mol. The molecule has 0 aromatic carbocycles. The SMILES string of the molecule is CCN(CC1CCCCN1)C(=O)c1ccc[nH]c1=O. The number of rotatable bonds is 4. The summed E-state index contributed by atoms with van der Waals surface area (Å²) in [5.74, 6) is -0.184. The largest absolute Gasteiger partial charge is 0.337 e. The molecule has 0 bridgehead atoms. The fourth-order valence-electron chi connectivity index (χ4n) is 2.46. The maximum atomic E-state index is 12.3. The molecule has 5 nitrogen and oxygen atoms in total. The summed E-state index contributed by atoms with van der Waals surface area (Å²) in [6, 6.07) is 3.61. The van der Waals surface area contributed by atoms with Crippen LogP contribution in [-0.4, -0.2) is 41.5 Å². The van der Waals surface area contributed by atoms with E-state index in [1.807, 2.05) is 6.92 Å². The van der Waals surface area contributed by atoms with E-state index in [1.165, 1.54) is 19.0 Å². The second-order valence-electron chi connectivity index (χ2n) is 4.90. The highest BCUT2D eigenvalue weighted by atomic mass is 16.2. The third-order valence-electron chi connectivity index (χ3n) is 3.57. The van der Waals surface area contributed by atoms with Crippen LogP contribution in [-0.2, 0) is 0 Å². The van der Waals surface area contributed by atoms with Crippen molar-refractivity contribution in [1.29, 1.82) is 0 Å². The van der Waals surface area contributed by atoms with Crippen molar-refractivity contribution >= 4 is 5.91 Å². The number of piperidine rings is 1. The van der Waals surface area contributed by atoms with Crippen LogP contribution in [0.15, 0.2) is 23.1 Å². The third kappa shape index (κ3) is 3.44. The number of nitrogens with zero attached hydrogens (tertiary/aromatic N) is 1. The number of pyridine rings is 1. The van der Waals surface area contributed by atoms with E-state index in [9.17, 15) is 9.59 Å². The number of H-pyrrole nitrogens is 1. The van der Waals surface area contributed by atoms with Crippen molar-refractivity contribution in [2.75, 3.05) is 19.6 Å². The molecule has 2 heterocycles. The number of aromatic nitrogens is 1. The lowest BCUT2D eigenvalue weighted by molar-refractivity contribution is 0.0739. The highest BCUT2D eigenvalue weighted by Gasteiger charge is 2.21. The molecule has 1 fully saturated rings. The summed E-state index contributed by atoms with van der Waals surface area (Å²) in [5, 5.41) is 3.43. The number of aromatic amines is 1. The Kier molecular flexibility index (Phi) is 4.74. The Bertz CT molecular complexity index is 478. The zero-order chi connectivity index (χ0) is 13.7. The Hall–Kier alpha value is -1.62. The van der Waals surface area contributed by atoms with Gasteiger partial charge in [0, 0.05) is 25.3 Å². The van der Waals surface area contributed by atoms with E-state index >= 15 is 0 Å². The molecule has 1 atom stereocenters. The van der Waals surface area contributed by atoms with Crippen LogP contribution >= 0.6 is 0 Å². The Labute approximate surface area is 113 Å². The van der Waals surface area contributed by atoms with Crippen molar-refractivity contribution in [1.82, 2.24) is 15.2 Å². The van der Waals surface area contributed by atoms with Gasteiger partial charge in [-0.1, -0.05) is 6.42 Å². The fraction of sp³-hybridized carbons (Fsp3) is 0.571. The molecule has 19 heavy (non-hydrogen) atoms. The third-order valence-corrected chi connectivity index (χ3v) is 3.57. The predicted octanol–water partition coefficient (Wildman–Crippen LogP) is 0.979. The number of hydrogen-bond donors (Lipinski definition) is 2. The van der Waals surface area contributed by atoms with Gasteiger partial charge in [-0.05, 0) is 38.4 Å². The van der Waals surface area contributed by atoms with Gasteiger partial charge in [-0.25, -0.2) is 0 Å². The zero-order valence-corrected chi connectivity index (χ0v) is 11.3. The number of likely N-dealkylation sites (N-methyl/N-ethyl adjacent to an activating group) is 1. The average molecular weight is 263 g/mol. The molecule has 0 aliphatic carbocycles. The Morgan fingerprint density at radius 1 is 1.47 bits per heavy atom. The van der Waals surface area contributed by atoms with Crippen molar-refractivity contribution < 1.29 is 4.79 Å². The summed E-state index contributed by atoms with van der Waals surface area (Å²) < 4.78 is 0. The lowest BCUT2D eigenvalue weighted by Crippen LogP contribution is -2.46. The van der Waals surface area contributed by atoms with E-state index < -0.39 is 0 Å². The lowest BCUT2D eigenvalue weighted by Gasteiger charge is -2.29. The standard InChI is InChI=1S/C14H21N3O2/c1-2-17(10-11-6-3-4-8-15-11)14(19)12-7-5-9-16-13(12)18/h5,7,9,11,15H,2-4,6,8,10H2,1H3,(H,16,18). The second kappa shape index (κ2) is 6.52. The van der Waals surface area contributed by atoms with Crippen LogP contribution in [0, 0.1) is 0 Å². The van der Waals surface area contributed by atoms with E-state index in [2.05, 4.69) is 10.3 Å². The molecule has 0 radical (unpaired) electrons. The van der Waals surface area contributed by atoms with Crippen LogP contribution in [0.3, 0.4) is 0 Å². The van der Waals surface area contributed by atoms with Crippen LogP contribution < -0.4 is 10.9 Å². The van der Waals surface area contributed by atoms with Gasteiger partial charge in [-0.3, -0.25) is 9.59 Å². The molecule has 2 rings (SSSR count). The van der Waals surface area contributed by atoms with Crippen molar-refractivity contribution in [3.8, 4) is 0 Å². The van der Waals surface area contributed by atoms with Crippen LogP contribution in [0.2, 0.25) is 0 Å². The molecule has 2 N–H and O–H groups in total. The predicted molar refractivity (Wildman–Crippen MR) is 74.3 cm³/mol. The molecule has 5 heteroatoms. The van der Waals surface area contributed by atoms with Gasteiger partial charge in [-0.2, -0.15) is 0 Å². The zero-order valence-electron chi connectivity index (χ0n) is 11.3. The van der Waals surface area contributed by atoms with Crippen LogP contribution in [0.1, 0.15) is 36.5 Å². The first kappa shape index (κ1) is 13.8. The first-order valence-electron chi connectivity index (χ1n) is 6.92. The summed E-state index contributed by atoms with van der Waals surface area (Å²) >= 11 is 0. The van der Waals surface area contributed by atoms with E-state index in [1.54, 1.807) is 17.0 Å². The molecule has 1 aromatic heterocycles. The van der Waals surface area contributed by atoms with E-state index in [-0.39, 0.29) is 17.0 Å². The molecule has 1 aromatic rings. The molecule has 0 spiro atoms. The highest BCUT2D eigenvalue weighted by molar-refractivity contribution is 5.93. The average Bonchev–Trinajstić information content (AvgIpc) is 2.46. The number of carbonyl (C=O) groups is 1. The Morgan fingerprint density at radius 2 is 2.32 bits per heavy atom. The van der Waals surface area contributed by atoms with Gasteiger partial charge in [-0.15, -0.1) is 0 Å². The summed E-state index contributed by atoms with van der Waals surface area (Å²) in [5.41, 5.74) is -0.0947. The van der Waals surface area contributed by atoms with Gasteiger partial charge in [0.1, 0.15) is 5.56 Å². The van der Waals surface area contributed by atoms with Crippen molar-refractivity contribution in [3.63, 3.8) is 0 Å². The van der Waals surface area contributed by atoms with Gasteiger partial charge < -0.3 is 15.2 Å². The molecule has 1 unspecified atom stereocenters. The van der Waals surface area contributed by atoms with Gasteiger partial charge >= 0.3 is 0 Å². The molecule has 1 aliphatic heterocycles. The van der Waals surface area contributed by atoms with Gasteiger partial charge in [0.25, 0.3) is 11.5 Å². The quantitative estimate of drug-likeness (QED) is 0.851. The number of nitrogens with one attached hydrogen (secondary N) is 2. The molecule has 0 saturated carbocycles.